The number of aliphatic hydroxyl groups is 1. The summed E-state index contributed by atoms with van der Waals surface area (Å²) in [6.07, 6.45) is 2.53. The van der Waals surface area contributed by atoms with E-state index in [-0.39, 0.29) is 35.6 Å². The molecule has 0 saturated carbocycles. The van der Waals surface area contributed by atoms with E-state index in [0.717, 1.165) is 40.6 Å². The first-order valence-electron chi connectivity index (χ1n) is 9.76. The van der Waals surface area contributed by atoms with Crippen LogP contribution in [0.1, 0.15) is 30.9 Å². The molecule has 0 radical (unpaired) electrons. The molecule has 2 heterocycles. The van der Waals surface area contributed by atoms with Crippen molar-refractivity contribution in [3.63, 3.8) is 0 Å². The smallest absolute Gasteiger partial charge is 0.173 e. The Bertz CT molecular complexity index is 979. The summed E-state index contributed by atoms with van der Waals surface area (Å²) in [5.74, 6) is 1.19. The summed E-state index contributed by atoms with van der Waals surface area (Å²) in [7, 11) is 0. The van der Waals surface area contributed by atoms with E-state index in [1.807, 2.05) is 42.5 Å². The quantitative estimate of drug-likeness (QED) is 0.686. The minimum absolute atomic E-state index is 0.0187. The lowest BCUT2D eigenvalue weighted by Crippen LogP contribution is -2.29. The molecule has 144 valence electrons. The number of Topliss-reactive ketones (excluding diaryl/α,β-unsaturated/α-hetero) is 1. The average Bonchev–Trinajstić information content (AvgIpc) is 3.37. The van der Waals surface area contributed by atoms with E-state index < -0.39 is 0 Å². The zero-order valence-corrected chi connectivity index (χ0v) is 17.1. The Morgan fingerprint density at radius 1 is 1.07 bits per heavy atom. The van der Waals surface area contributed by atoms with E-state index in [0.29, 0.717) is 11.3 Å². The summed E-state index contributed by atoms with van der Waals surface area (Å²) in [6.45, 7) is 2.05. The molecule has 0 aromatic heterocycles. The predicted octanol–water partition coefficient (Wildman–Crippen LogP) is 5.45. The number of halogens is 1. The Balaban J connectivity index is 1.53. The first-order valence-corrected chi connectivity index (χ1v) is 10.6. The number of hydrogen-bond donors (Lipinski definition) is 1. The van der Waals surface area contributed by atoms with Gasteiger partial charge >= 0.3 is 0 Å². The van der Waals surface area contributed by atoms with Gasteiger partial charge in [0.05, 0.1) is 29.6 Å². The standard InChI is InChI=1S/C23H21BrO4/c1-2-12-3-6-15(27-14-7-4-13(24)5-8-14)11-16(12)19-22(25)20-17-9-10-18(28-17)21(20)23(19)26/h3-8,11,17-18,20-21,25H,2,9-10H2,1H3/t17?,18?,20-,21+/m1/s1. The van der Waals surface area contributed by atoms with Gasteiger partial charge in [-0.25, -0.2) is 0 Å². The molecule has 0 spiro atoms. The van der Waals surface area contributed by atoms with Crippen molar-refractivity contribution in [1.29, 1.82) is 0 Å². The van der Waals surface area contributed by atoms with Crippen LogP contribution in [0.15, 0.2) is 52.7 Å². The third-order valence-electron chi connectivity index (χ3n) is 6.18. The van der Waals surface area contributed by atoms with Gasteiger partial charge in [0.25, 0.3) is 0 Å². The third kappa shape index (κ3) is 2.72. The SMILES string of the molecule is CCc1ccc(Oc2ccc(Br)cc2)cc1C1=C(O)[C@@H]2C3CCC(O3)[C@@H]2C1=O. The number of carbonyl (C=O) groups excluding carboxylic acids is 1. The first-order chi connectivity index (χ1) is 13.6. The van der Waals surface area contributed by atoms with Crippen LogP contribution < -0.4 is 4.74 Å². The van der Waals surface area contributed by atoms with Crippen molar-refractivity contribution in [2.24, 2.45) is 11.8 Å². The molecule has 2 aromatic carbocycles. The number of aliphatic hydroxyl groups excluding tert-OH is 1. The van der Waals surface area contributed by atoms with E-state index in [2.05, 4.69) is 22.9 Å². The number of benzene rings is 2. The monoisotopic (exact) mass is 440 g/mol. The topological polar surface area (TPSA) is 55.8 Å². The molecule has 1 N–H and O–H groups in total. The molecule has 4 nitrogen and oxygen atoms in total. The Morgan fingerprint density at radius 2 is 1.75 bits per heavy atom. The summed E-state index contributed by atoms with van der Waals surface area (Å²) in [6, 6.07) is 13.4. The van der Waals surface area contributed by atoms with Crippen molar-refractivity contribution in [3.05, 3.63) is 63.8 Å². The number of hydrogen-bond acceptors (Lipinski definition) is 4. The Hall–Kier alpha value is -2.11. The van der Waals surface area contributed by atoms with Crippen LogP contribution in [0, 0.1) is 11.8 Å². The summed E-state index contributed by atoms with van der Waals surface area (Å²) >= 11 is 3.42. The highest BCUT2D eigenvalue weighted by atomic mass is 79.9. The van der Waals surface area contributed by atoms with E-state index in [1.165, 1.54) is 0 Å². The van der Waals surface area contributed by atoms with Crippen molar-refractivity contribution in [1.82, 2.24) is 0 Å². The van der Waals surface area contributed by atoms with Crippen molar-refractivity contribution in [2.45, 2.75) is 38.4 Å². The number of carbonyl (C=O) groups is 1. The fourth-order valence-electron chi connectivity index (χ4n) is 4.89. The largest absolute Gasteiger partial charge is 0.511 e. The second-order valence-corrected chi connectivity index (χ2v) is 8.61. The zero-order valence-electron chi connectivity index (χ0n) is 15.5. The summed E-state index contributed by atoms with van der Waals surface area (Å²) in [4.78, 5) is 13.2. The number of allylic oxidation sites excluding steroid dienone is 1. The molecular weight excluding hydrogens is 420 g/mol. The molecule has 2 unspecified atom stereocenters. The molecule has 2 fully saturated rings. The molecule has 4 atom stereocenters. The number of fused-ring (bicyclic) bond motifs is 5. The predicted molar refractivity (Wildman–Crippen MR) is 109 cm³/mol. The van der Waals surface area contributed by atoms with Crippen molar-refractivity contribution in [2.75, 3.05) is 0 Å². The maximum Gasteiger partial charge on any atom is 0.173 e. The third-order valence-corrected chi connectivity index (χ3v) is 6.70. The van der Waals surface area contributed by atoms with Gasteiger partial charge in [0, 0.05) is 4.47 Å². The molecule has 2 aliphatic heterocycles. The number of rotatable bonds is 4. The average molecular weight is 441 g/mol. The van der Waals surface area contributed by atoms with Crippen LogP contribution in [0.5, 0.6) is 11.5 Å². The summed E-state index contributed by atoms with van der Waals surface area (Å²) in [5, 5.41) is 11.0. The first kappa shape index (κ1) is 18.0. The Labute approximate surface area is 172 Å². The minimum atomic E-state index is -0.227. The number of ether oxygens (including phenoxy) is 2. The van der Waals surface area contributed by atoms with Crippen LogP contribution in [0.4, 0.5) is 0 Å². The molecule has 28 heavy (non-hydrogen) atoms. The van der Waals surface area contributed by atoms with Gasteiger partial charge in [-0.05, 0) is 66.8 Å². The molecule has 0 amide bonds. The maximum atomic E-state index is 13.2. The highest BCUT2D eigenvalue weighted by Crippen LogP contribution is 2.54. The highest BCUT2D eigenvalue weighted by Gasteiger charge is 2.59. The normalized spacial score (nSPS) is 28.1. The van der Waals surface area contributed by atoms with Crippen molar-refractivity contribution in [3.8, 4) is 11.5 Å². The Kier molecular flexibility index (Phi) is 4.33. The van der Waals surface area contributed by atoms with Crippen molar-refractivity contribution < 1.29 is 19.4 Å². The van der Waals surface area contributed by atoms with Gasteiger partial charge < -0.3 is 14.6 Å². The van der Waals surface area contributed by atoms with Crippen LogP contribution >= 0.6 is 15.9 Å². The van der Waals surface area contributed by atoms with Crippen LogP contribution in [0.2, 0.25) is 0 Å². The maximum absolute atomic E-state index is 13.2. The lowest BCUT2D eigenvalue weighted by atomic mass is 9.80. The lowest BCUT2D eigenvalue weighted by molar-refractivity contribution is -0.118. The minimum Gasteiger partial charge on any atom is -0.511 e. The molecule has 5 rings (SSSR count). The van der Waals surface area contributed by atoms with Gasteiger partial charge in [-0.2, -0.15) is 0 Å². The molecule has 5 heteroatoms. The van der Waals surface area contributed by atoms with E-state index in [1.54, 1.807) is 0 Å². The number of aryl methyl sites for hydroxylation is 1. The van der Waals surface area contributed by atoms with Gasteiger partial charge in [-0.1, -0.05) is 28.9 Å². The Morgan fingerprint density at radius 3 is 2.43 bits per heavy atom. The fourth-order valence-corrected chi connectivity index (χ4v) is 5.15. The van der Waals surface area contributed by atoms with Gasteiger partial charge in [0.15, 0.2) is 5.78 Å². The van der Waals surface area contributed by atoms with Gasteiger partial charge in [0.2, 0.25) is 0 Å². The van der Waals surface area contributed by atoms with Crippen LogP contribution in [0.3, 0.4) is 0 Å². The molecule has 2 saturated heterocycles. The highest BCUT2D eigenvalue weighted by molar-refractivity contribution is 9.10. The van der Waals surface area contributed by atoms with Crippen LogP contribution in [0.25, 0.3) is 5.57 Å². The van der Waals surface area contributed by atoms with Crippen molar-refractivity contribution >= 4 is 27.3 Å². The lowest BCUT2D eigenvalue weighted by Gasteiger charge is -2.19. The van der Waals surface area contributed by atoms with E-state index in [9.17, 15) is 9.90 Å². The molecular formula is C23H21BrO4. The molecule has 1 aliphatic carbocycles. The second kappa shape index (κ2) is 6.75. The fraction of sp³-hybridized carbons (Fsp3) is 0.348. The van der Waals surface area contributed by atoms with E-state index >= 15 is 0 Å². The second-order valence-electron chi connectivity index (χ2n) is 7.69. The van der Waals surface area contributed by atoms with Crippen LogP contribution in [-0.2, 0) is 16.0 Å². The van der Waals surface area contributed by atoms with E-state index in [4.69, 9.17) is 9.47 Å². The number of ketones is 1. The zero-order chi connectivity index (χ0) is 19.4. The molecule has 3 aliphatic rings. The van der Waals surface area contributed by atoms with Gasteiger partial charge in [-0.3, -0.25) is 4.79 Å². The van der Waals surface area contributed by atoms with Crippen LogP contribution in [-0.4, -0.2) is 23.1 Å². The van der Waals surface area contributed by atoms with Gasteiger partial charge in [-0.15, -0.1) is 0 Å². The van der Waals surface area contributed by atoms with Gasteiger partial charge in [0.1, 0.15) is 17.3 Å². The molecule has 2 aromatic rings. The summed E-state index contributed by atoms with van der Waals surface area (Å²) in [5.41, 5.74) is 2.29. The molecule has 2 bridgehead atoms. The summed E-state index contributed by atoms with van der Waals surface area (Å²) < 4.78 is 12.9.